The summed E-state index contributed by atoms with van der Waals surface area (Å²) in [5.74, 6) is 0.289. The molecule has 9 heteroatoms. The molecule has 0 saturated heterocycles. The molecule has 0 atom stereocenters. The van der Waals surface area contributed by atoms with E-state index in [1.165, 1.54) is 0 Å². The second-order valence-electron chi connectivity index (χ2n) is 7.04. The van der Waals surface area contributed by atoms with Gasteiger partial charge in [0.2, 0.25) is 0 Å². The molecule has 4 aromatic rings. The summed E-state index contributed by atoms with van der Waals surface area (Å²) in [6.07, 6.45) is 0. The monoisotopic (exact) mass is 472 g/mol. The topological polar surface area (TPSA) is 84.0 Å². The number of aromatic nitrogens is 2. The minimum absolute atomic E-state index is 0.0630. The van der Waals surface area contributed by atoms with E-state index in [2.05, 4.69) is 20.0 Å². The van der Waals surface area contributed by atoms with Crippen LogP contribution in [0.3, 0.4) is 0 Å². The molecule has 158 valence electrons. The van der Waals surface area contributed by atoms with Gasteiger partial charge in [0.25, 0.3) is 10.0 Å². The van der Waals surface area contributed by atoms with Crippen LogP contribution in [0, 0.1) is 13.8 Å². The number of benzene rings is 3. The number of nitrogens with zero attached hydrogens (tertiary/aromatic N) is 2. The van der Waals surface area contributed by atoms with E-state index in [0.717, 1.165) is 11.1 Å². The Hall–Kier alpha value is -2.87. The molecule has 0 aliphatic rings. The lowest BCUT2D eigenvalue weighted by atomic mass is 10.1. The quantitative estimate of drug-likeness (QED) is 0.366. The van der Waals surface area contributed by atoms with Gasteiger partial charge in [-0.25, -0.2) is 18.4 Å². The van der Waals surface area contributed by atoms with Gasteiger partial charge in [-0.05, 0) is 67.4 Å². The fraction of sp³-hybridized carbons (Fsp3) is 0.0909. The average molecular weight is 473 g/mol. The lowest BCUT2D eigenvalue weighted by Gasteiger charge is -2.15. The summed E-state index contributed by atoms with van der Waals surface area (Å²) in [6, 6.07) is 17.1. The van der Waals surface area contributed by atoms with Gasteiger partial charge < -0.3 is 5.32 Å². The molecule has 0 saturated carbocycles. The van der Waals surface area contributed by atoms with Crippen molar-refractivity contribution < 1.29 is 8.42 Å². The lowest BCUT2D eigenvalue weighted by Crippen LogP contribution is -2.16. The maximum absolute atomic E-state index is 13.1. The number of para-hydroxylation sites is 2. The van der Waals surface area contributed by atoms with Crippen LogP contribution in [0.4, 0.5) is 17.3 Å². The second-order valence-corrected chi connectivity index (χ2v) is 9.60. The molecule has 0 fully saturated rings. The molecule has 0 unspecified atom stereocenters. The molecule has 31 heavy (non-hydrogen) atoms. The van der Waals surface area contributed by atoms with E-state index in [0.29, 0.717) is 26.8 Å². The van der Waals surface area contributed by atoms with Crippen LogP contribution in [0.1, 0.15) is 11.1 Å². The van der Waals surface area contributed by atoms with E-state index in [1.54, 1.807) is 48.5 Å². The average Bonchev–Trinajstić information content (AvgIpc) is 2.69. The Labute approximate surface area is 190 Å². The molecule has 0 bridgehead atoms. The number of sulfonamides is 1. The van der Waals surface area contributed by atoms with E-state index >= 15 is 0 Å². The Morgan fingerprint density at radius 2 is 1.39 bits per heavy atom. The third-order valence-electron chi connectivity index (χ3n) is 4.72. The third kappa shape index (κ3) is 4.74. The lowest BCUT2D eigenvalue weighted by molar-refractivity contribution is 0.601. The van der Waals surface area contributed by atoms with Crippen LogP contribution >= 0.6 is 23.2 Å². The van der Waals surface area contributed by atoms with Gasteiger partial charge in [0.15, 0.2) is 11.6 Å². The fourth-order valence-electron chi connectivity index (χ4n) is 2.99. The van der Waals surface area contributed by atoms with Crippen molar-refractivity contribution in [3.05, 3.63) is 81.8 Å². The van der Waals surface area contributed by atoms with Gasteiger partial charge >= 0.3 is 0 Å². The van der Waals surface area contributed by atoms with E-state index in [1.807, 2.05) is 26.0 Å². The van der Waals surface area contributed by atoms with Crippen molar-refractivity contribution in [3.63, 3.8) is 0 Å². The highest BCUT2D eigenvalue weighted by Gasteiger charge is 2.20. The Kier molecular flexibility index (Phi) is 5.75. The number of aryl methyl sites for hydroxylation is 2. The number of fused-ring (bicyclic) bond motifs is 1. The first kappa shape index (κ1) is 21.4. The molecule has 2 N–H and O–H groups in total. The van der Waals surface area contributed by atoms with Crippen molar-refractivity contribution in [1.82, 2.24) is 9.97 Å². The van der Waals surface area contributed by atoms with E-state index in [-0.39, 0.29) is 16.5 Å². The van der Waals surface area contributed by atoms with Crippen molar-refractivity contribution in [2.24, 2.45) is 0 Å². The number of hydrogen-bond donors (Lipinski definition) is 2. The standard InChI is InChI=1S/C22H18Cl2N4O2S/c1-13-7-8-18(9-14(13)2)31(29,30)28-22-21(25-17-11-15(23)10-16(24)12-17)26-19-5-3-4-6-20(19)27-22/h3-12H,1-2H3,(H,25,26)(H,27,28). The van der Waals surface area contributed by atoms with Crippen LogP contribution in [0.2, 0.25) is 10.0 Å². The Bertz CT molecular complexity index is 1390. The summed E-state index contributed by atoms with van der Waals surface area (Å²) >= 11 is 12.2. The fourth-order valence-corrected chi connectivity index (χ4v) is 4.61. The van der Waals surface area contributed by atoms with E-state index in [4.69, 9.17) is 23.2 Å². The van der Waals surface area contributed by atoms with Crippen LogP contribution < -0.4 is 10.0 Å². The first-order valence-electron chi connectivity index (χ1n) is 9.31. The second kappa shape index (κ2) is 8.34. The van der Waals surface area contributed by atoms with Crippen LogP contribution in [-0.2, 0) is 10.0 Å². The minimum Gasteiger partial charge on any atom is -0.337 e. The van der Waals surface area contributed by atoms with Crippen molar-refractivity contribution in [2.75, 3.05) is 10.0 Å². The van der Waals surface area contributed by atoms with Gasteiger partial charge in [-0.1, -0.05) is 41.4 Å². The predicted molar refractivity (Wildman–Crippen MR) is 126 cm³/mol. The number of nitrogens with one attached hydrogen (secondary N) is 2. The first-order valence-corrected chi connectivity index (χ1v) is 11.6. The molecule has 0 radical (unpaired) electrons. The van der Waals surface area contributed by atoms with E-state index in [9.17, 15) is 8.42 Å². The molecule has 1 heterocycles. The molecule has 0 spiro atoms. The normalized spacial score (nSPS) is 11.5. The first-order chi connectivity index (χ1) is 14.7. The van der Waals surface area contributed by atoms with Crippen molar-refractivity contribution in [2.45, 2.75) is 18.7 Å². The molecule has 0 aliphatic heterocycles. The Morgan fingerprint density at radius 1 is 0.774 bits per heavy atom. The summed E-state index contributed by atoms with van der Waals surface area (Å²) in [5.41, 5.74) is 3.58. The number of rotatable bonds is 5. The highest BCUT2D eigenvalue weighted by molar-refractivity contribution is 7.92. The molecule has 4 rings (SSSR count). The van der Waals surface area contributed by atoms with Gasteiger partial charge in [-0.2, -0.15) is 0 Å². The van der Waals surface area contributed by atoms with Crippen molar-refractivity contribution >= 4 is 61.6 Å². The van der Waals surface area contributed by atoms with Gasteiger partial charge in [-0.3, -0.25) is 4.72 Å². The zero-order chi connectivity index (χ0) is 22.2. The maximum Gasteiger partial charge on any atom is 0.263 e. The Morgan fingerprint density at radius 3 is 2.00 bits per heavy atom. The summed E-state index contributed by atoms with van der Waals surface area (Å²) in [5, 5.41) is 3.93. The number of anilines is 3. The predicted octanol–water partition coefficient (Wildman–Crippen LogP) is 6.10. The molecular formula is C22H18Cl2N4O2S. The van der Waals surface area contributed by atoms with Gasteiger partial charge in [0.1, 0.15) is 0 Å². The minimum atomic E-state index is -3.90. The molecule has 3 aromatic carbocycles. The Balaban J connectivity index is 1.79. The van der Waals surface area contributed by atoms with Crippen LogP contribution in [0.5, 0.6) is 0 Å². The molecule has 1 aromatic heterocycles. The molecule has 0 amide bonds. The smallest absolute Gasteiger partial charge is 0.263 e. The zero-order valence-corrected chi connectivity index (χ0v) is 19.0. The van der Waals surface area contributed by atoms with Crippen LogP contribution in [0.25, 0.3) is 11.0 Å². The van der Waals surface area contributed by atoms with Crippen LogP contribution in [0.15, 0.2) is 65.6 Å². The van der Waals surface area contributed by atoms with Crippen molar-refractivity contribution in [1.29, 1.82) is 0 Å². The summed E-state index contributed by atoms with van der Waals surface area (Å²) < 4.78 is 28.7. The highest BCUT2D eigenvalue weighted by atomic mass is 35.5. The molecule has 6 nitrogen and oxygen atoms in total. The SMILES string of the molecule is Cc1ccc(S(=O)(=O)Nc2nc3ccccc3nc2Nc2cc(Cl)cc(Cl)c2)cc1C. The van der Waals surface area contributed by atoms with Crippen LogP contribution in [-0.4, -0.2) is 18.4 Å². The maximum atomic E-state index is 13.1. The van der Waals surface area contributed by atoms with Gasteiger partial charge in [0.05, 0.1) is 15.9 Å². The van der Waals surface area contributed by atoms with Gasteiger partial charge in [-0.15, -0.1) is 0 Å². The molecular weight excluding hydrogens is 455 g/mol. The van der Waals surface area contributed by atoms with Crippen molar-refractivity contribution in [3.8, 4) is 0 Å². The number of hydrogen-bond acceptors (Lipinski definition) is 5. The van der Waals surface area contributed by atoms with Gasteiger partial charge in [0, 0.05) is 15.7 Å². The largest absolute Gasteiger partial charge is 0.337 e. The molecule has 0 aliphatic carbocycles. The van der Waals surface area contributed by atoms with E-state index < -0.39 is 10.0 Å². The summed E-state index contributed by atoms with van der Waals surface area (Å²) in [7, 11) is -3.90. The summed E-state index contributed by atoms with van der Waals surface area (Å²) in [4.78, 5) is 9.18. The third-order valence-corrected chi connectivity index (χ3v) is 6.49. The highest BCUT2D eigenvalue weighted by Crippen LogP contribution is 2.30. The number of halogens is 2. The summed E-state index contributed by atoms with van der Waals surface area (Å²) in [6.45, 7) is 3.78. The zero-order valence-electron chi connectivity index (χ0n) is 16.6.